The van der Waals surface area contributed by atoms with Gasteiger partial charge in [0.2, 0.25) is 0 Å². The van der Waals surface area contributed by atoms with E-state index in [9.17, 15) is 0 Å². The molecule has 0 N–H and O–H groups in total. The average molecular weight is 960 g/mol. The van der Waals surface area contributed by atoms with Crippen LogP contribution in [0, 0.1) is 0 Å². The van der Waals surface area contributed by atoms with Gasteiger partial charge in [0.25, 0.3) is 0 Å². The Kier molecular flexibility index (Phi) is 9.33. The van der Waals surface area contributed by atoms with E-state index >= 15 is 9.59 Å². The second-order valence-electron chi connectivity index (χ2n) is 19.8. The fourth-order valence-corrected chi connectivity index (χ4v) is 13.3. The van der Waals surface area contributed by atoms with Crippen LogP contribution in [0.15, 0.2) is 283 Å². The lowest BCUT2D eigenvalue weighted by molar-refractivity contribution is 0.731. The molecule has 2 aliphatic heterocycles. The van der Waals surface area contributed by atoms with E-state index in [4.69, 9.17) is 0 Å². The fraction of sp³-hybridized carbons (Fsp3) is 0.0286. The third-order valence-electron chi connectivity index (χ3n) is 16.2. The number of hydrogen-bond acceptors (Lipinski definition) is 4. The Morgan fingerprint density at radius 2 is 0.560 bits per heavy atom. The normalized spacial score (nSPS) is 14.1. The summed E-state index contributed by atoms with van der Waals surface area (Å²) < 4.78 is 2.15. The lowest BCUT2D eigenvalue weighted by atomic mass is 9.62. The van der Waals surface area contributed by atoms with Gasteiger partial charge in [-0.25, -0.2) is 0 Å². The van der Waals surface area contributed by atoms with Crippen molar-refractivity contribution in [2.75, 3.05) is 9.80 Å². The van der Waals surface area contributed by atoms with Crippen molar-refractivity contribution in [3.05, 3.63) is 338 Å². The van der Waals surface area contributed by atoms with Crippen LogP contribution in [-0.2, 0) is 10.8 Å². The van der Waals surface area contributed by atoms with Gasteiger partial charge in [0, 0.05) is 32.9 Å². The highest BCUT2D eigenvalue weighted by molar-refractivity contribution is 6.09. The maximum Gasteiger partial charge on any atom is 0.197 e. The van der Waals surface area contributed by atoms with Crippen molar-refractivity contribution in [3.63, 3.8) is 0 Å². The molecule has 0 saturated carbocycles. The first-order chi connectivity index (χ1) is 37.1. The summed E-state index contributed by atoms with van der Waals surface area (Å²) in [6, 6.07) is 95.9. The molecule has 0 saturated heterocycles. The van der Waals surface area contributed by atoms with Gasteiger partial charge in [0.05, 0.1) is 50.1 Å². The molecule has 0 radical (unpaired) electrons. The highest BCUT2D eigenvalue weighted by Crippen LogP contribution is 2.59. The smallest absolute Gasteiger partial charge is 0.197 e. The highest BCUT2D eigenvalue weighted by atomic mass is 16.1. The molecule has 5 nitrogen and oxygen atoms in total. The van der Waals surface area contributed by atoms with E-state index in [1.165, 1.54) is 22.3 Å². The predicted molar refractivity (Wildman–Crippen MR) is 307 cm³/mol. The van der Waals surface area contributed by atoms with E-state index < -0.39 is 10.8 Å². The largest absolute Gasteiger partial charge is 0.310 e. The minimum absolute atomic E-state index is 0.115. The Labute approximate surface area is 433 Å². The number of benzene rings is 11. The molecule has 0 bridgehead atoms. The van der Waals surface area contributed by atoms with Crippen molar-refractivity contribution in [2.45, 2.75) is 10.8 Å². The van der Waals surface area contributed by atoms with E-state index in [1.54, 1.807) is 0 Å². The van der Waals surface area contributed by atoms with Gasteiger partial charge >= 0.3 is 0 Å². The van der Waals surface area contributed by atoms with E-state index in [0.29, 0.717) is 27.1 Å². The molecule has 0 fully saturated rings. The van der Waals surface area contributed by atoms with Crippen molar-refractivity contribution >= 4 is 72.2 Å². The van der Waals surface area contributed by atoms with Crippen molar-refractivity contribution in [1.29, 1.82) is 0 Å². The first kappa shape index (κ1) is 42.8. The van der Waals surface area contributed by atoms with Gasteiger partial charge in [-0.05, 0) is 117 Å². The number of hydrogen-bond donors (Lipinski definition) is 0. The molecule has 0 spiro atoms. The molecule has 5 heteroatoms. The van der Waals surface area contributed by atoms with Gasteiger partial charge < -0.3 is 14.2 Å². The van der Waals surface area contributed by atoms with Crippen molar-refractivity contribution in [1.82, 2.24) is 4.40 Å². The van der Waals surface area contributed by atoms with Gasteiger partial charge in [-0.15, -0.1) is 0 Å². The Balaban J connectivity index is 0.948. The molecule has 352 valence electrons. The van der Waals surface area contributed by atoms with Crippen LogP contribution in [0.1, 0.15) is 44.5 Å². The minimum atomic E-state index is -0.625. The third-order valence-corrected chi connectivity index (χ3v) is 16.2. The molecule has 15 rings (SSSR count). The summed E-state index contributed by atoms with van der Waals surface area (Å²) in [5, 5.41) is 2.14. The molecule has 11 aromatic carbocycles. The topological polar surface area (TPSA) is 45.0 Å². The van der Waals surface area contributed by atoms with E-state index in [0.717, 1.165) is 67.4 Å². The van der Waals surface area contributed by atoms with Crippen LogP contribution in [-0.4, -0.2) is 4.40 Å². The summed E-state index contributed by atoms with van der Waals surface area (Å²) in [5.74, 6) is 0. The van der Waals surface area contributed by atoms with E-state index in [2.05, 4.69) is 269 Å². The Morgan fingerprint density at radius 3 is 0.880 bits per heavy atom. The van der Waals surface area contributed by atoms with Crippen LogP contribution in [0.2, 0.25) is 0 Å². The number of anilines is 6. The number of para-hydroxylation sites is 5. The molecular weight excluding hydrogens is 915 g/mol. The molecule has 0 atom stereocenters. The van der Waals surface area contributed by atoms with Crippen LogP contribution in [0.4, 0.5) is 34.1 Å². The molecule has 0 unspecified atom stereocenters. The van der Waals surface area contributed by atoms with Gasteiger partial charge in [0.15, 0.2) is 10.9 Å². The van der Waals surface area contributed by atoms with Crippen LogP contribution >= 0.6 is 0 Å². The summed E-state index contributed by atoms with van der Waals surface area (Å²) in [4.78, 5) is 34.9. The Hall–Kier alpha value is -9.84. The Bertz CT molecular complexity index is 4070. The first-order valence-corrected chi connectivity index (χ1v) is 25.6. The van der Waals surface area contributed by atoms with Crippen LogP contribution in [0.25, 0.3) is 38.1 Å². The summed E-state index contributed by atoms with van der Waals surface area (Å²) >= 11 is 0. The number of pyridine rings is 2. The first-order valence-electron chi connectivity index (χ1n) is 25.6. The standard InChI is InChI=1S/C70H45N3O2/c74-67-52-30-21-31-53-66(52)73(60-42-40-50(44-54(60)67)71-62-36-17-13-32-56(62)69(46-22-5-1-6-23-46,47-24-7-2-8-25-47)57-33-14-18-37-63(57)71)61-43-41-51(45-55(61)68(53)75)72-64-38-19-15-34-58(64)70(48-26-9-3-10-27-48,49-28-11-4-12-29-49)59-35-16-20-39-65(59)72/h1-45H. The summed E-state index contributed by atoms with van der Waals surface area (Å²) in [7, 11) is 0. The zero-order chi connectivity index (χ0) is 49.8. The van der Waals surface area contributed by atoms with Crippen molar-refractivity contribution in [3.8, 4) is 0 Å². The van der Waals surface area contributed by atoms with Gasteiger partial charge in [-0.3, -0.25) is 9.59 Å². The van der Waals surface area contributed by atoms with Crippen molar-refractivity contribution < 1.29 is 0 Å². The highest BCUT2D eigenvalue weighted by Gasteiger charge is 2.48. The van der Waals surface area contributed by atoms with Crippen LogP contribution < -0.4 is 20.7 Å². The quantitative estimate of drug-likeness (QED) is 0.123. The van der Waals surface area contributed by atoms with Crippen LogP contribution in [0.5, 0.6) is 0 Å². The zero-order valence-electron chi connectivity index (χ0n) is 40.6. The maximum atomic E-state index is 15.2. The SMILES string of the molecule is O=c1c2cc(N3c4ccccc4C(c4ccccc4)(c4ccccc4)c4ccccc43)ccc2n2c3ccc(N4c5ccccc5C(c5ccccc5)(c5ccccc5)c5ccccc54)cc3c(=O)c3cccc1c32. The van der Waals surface area contributed by atoms with Crippen molar-refractivity contribution in [2.24, 2.45) is 0 Å². The molecular formula is C70H45N3O2. The van der Waals surface area contributed by atoms with Gasteiger partial charge in [-0.1, -0.05) is 200 Å². The minimum Gasteiger partial charge on any atom is -0.310 e. The Morgan fingerprint density at radius 1 is 0.267 bits per heavy atom. The second-order valence-corrected chi connectivity index (χ2v) is 19.8. The summed E-state index contributed by atoms with van der Waals surface area (Å²) in [6.45, 7) is 0. The number of fused-ring (bicyclic) bond motifs is 8. The number of nitrogens with zero attached hydrogens (tertiary/aromatic N) is 3. The molecule has 13 aromatic rings. The lowest BCUT2D eigenvalue weighted by Crippen LogP contribution is -2.37. The number of aromatic nitrogens is 1. The molecule has 0 amide bonds. The fourth-order valence-electron chi connectivity index (χ4n) is 13.3. The maximum absolute atomic E-state index is 15.2. The van der Waals surface area contributed by atoms with Crippen LogP contribution in [0.3, 0.4) is 0 Å². The van der Waals surface area contributed by atoms with E-state index in [1.807, 2.05) is 18.2 Å². The van der Waals surface area contributed by atoms with Gasteiger partial charge in [0.1, 0.15) is 0 Å². The second kappa shape index (κ2) is 16.3. The predicted octanol–water partition coefficient (Wildman–Crippen LogP) is 15.9. The molecule has 2 aromatic heterocycles. The molecule has 2 aliphatic rings. The van der Waals surface area contributed by atoms with Gasteiger partial charge in [-0.2, -0.15) is 0 Å². The lowest BCUT2D eigenvalue weighted by Gasteiger charge is -2.46. The zero-order valence-corrected chi connectivity index (χ0v) is 40.6. The average Bonchev–Trinajstić information content (AvgIpc) is 3.56. The third kappa shape index (κ3) is 5.83. The molecule has 0 aliphatic carbocycles. The number of rotatable bonds is 6. The summed E-state index contributed by atoms with van der Waals surface area (Å²) in [5.41, 5.74) is 15.7. The molecule has 4 heterocycles. The van der Waals surface area contributed by atoms with E-state index in [-0.39, 0.29) is 10.9 Å². The molecule has 75 heavy (non-hydrogen) atoms. The summed E-state index contributed by atoms with van der Waals surface area (Å²) in [6.07, 6.45) is 0. The monoisotopic (exact) mass is 959 g/mol.